The molecule has 9 nitrogen and oxygen atoms in total. The summed E-state index contributed by atoms with van der Waals surface area (Å²) >= 11 is 3.53. The molecule has 0 saturated heterocycles. The fraction of sp³-hybridized carbons (Fsp3) is 0.0333. The van der Waals surface area contributed by atoms with Gasteiger partial charge in [0.25, 0.3) is 17.5 Å². The summed E-state index contributed by atoms with van der Waals surface area (Å²) < 4.78 is 1.07. The maximum atomic E-state index is 13.2. The first-order chi connectivity index (χ1) is 19.8. The Hall–Kier alpha value is -4.49. The Morgan fingerprint density at radius 1 is 0.805 bits per heavy atom. The molecule has 0 heterocycles. The van der Waals surface area contributed by atoms with Crippen molar-refractivity contribution in [1.82, 2.24) is 5.32 Å². The minimum absolute atomic E-state index is 0.146. The van der Waals surface area contributed by atoms with Crippen LogP contribution in [0.1, 0.15) is 15.9 Å². The molecule has 0 aliphatic heterocycles. The fourth-order valence-electron chi connectivity index (χ4n) is 3.59. The summed E-state index contributed by atoms with van der Waals surface area (Å²) in [6.45, 7) is 0. The highest BCUT2D eigenvalue weighted by Crippen LogP contribution is 2.23. The van der Waals surface area contributed by atoms with E-state index in [1.54, 1.807) is 60.7 Å². The zero-order valence-corrected chi connectivity index (χ0v) is 24.3. The van der Waals surface area contributed by atoms with Gasteiger partial charge in [-0.15, -0.1) is 11.8 Å². The summed E-state index contributed by atoms with van der Waals surface area (Å²) in [5.41, 5.74) is 1.26. The molecule has 206 valence electrons. The molecule has 0 bridgehead atoms. The Balaban J connectivity index is 1.45. The number of para-hydroxylation sites is 1. The lowest BCUT2D eigenvalue weighted by Gasteiger charge is -2.12. The van der Waals surface area contributed by atoms with E-state index in [-0.39, 0.29) is 28.6 Å². The average molecular weight is 679 g/mol. The molecule has 0 saturated carbocycles. The smallest absolute Gasteiger partial charge is 0.276 e. The van der Waals surface area contributed by atoms with Crippen molar-refractivity contribution in [3.05, 3.63) is 134 Å². The fourth-order valence-corrected chi connectivity index (χ4v) is 4.64. The van der Waals surface area contributed by atoms with Gasteiger partial charge in [0.15, 0.2) is 0 Å². The van der Waals surface area contributed by atoms with Crippen LogP contribution in [0.25, 0.3) is 6.08 Å². The molecule has 0 spiro atoms. The van der Waals surface area contributed by atoms with E-state index in [1.165, 1.54) is 36.0 Å². The zero-order valence-electron chi connectivity index (χ0n) is 21.4. The van der Waals surface area contributed by atoms with E-state index in [4.69, 9.17) is 0 Å². The van der Waals surface area contributed by atoms with Gasteiger partial charge in [0, 0.05) is 31.5 Å². The number of nitrogens with zero attached hydrogens (tertiary/aromatic N) is 1. The number of anilines is 2. The number of nitro benzene ring substituents is 1. The molecule has 4 rings (SSSR count). The van der Waals surface area contributed by atoms with Crippen LogP contribution in [0.15, 0.2) is 114 Å². The van der Waals surface area contributed by atoms with Crippen molar-refractivity contribution in [2.24, 2.45) is 0 Å². The van der Waals surface area contributed by atoms with Crippen LogP contribution in [0.3, 0.4) is 0 Å². The van der Waals surface area contributed by atoms with Gasteiger partial charge in [0.05, 0.1) is 16.2 Å². The van der Waals surface area contributed by atoms with Gasteiger partial charge < -0.3 is 16.0 Å². The Bertz CT molecular complexity index is 1590. The number of halogens is 1. The number of carbonyl (C=O) groups is 3. The SMILES string of the molecule is O=C(CSc1ccc(NC(=O)/C(=C/c2ccccc2[N+](=O)[O-])NC(=O)c2ccccc2)cc1)Nc1ccc(I)cc1. The van der Waals surface area contributed by atoms with E-state index in [9.17, 15) is 24.5 Å². The molecule has 0 unspecified atom stereocenters. The lowest BCUT2D eigenvalue weighted by Crippen LogP contribution is -2.30. The van der Waals surface area contributed by atoms with Crippen LogP contribution in [-0.2, 0) is 9.59 Å². The number of nitrogens with one attached hydrogen (secondary N) is 3. The van der Waals surface area contributed by atoms with Gasteiger partial charge in [-0.1, -0.05) is 30.3 Å². The summed E-state index contributed by atoms with van der Waals surface area (Å²) in [6, 6.07) is 28.6. The van der Waals surface area contributed by atoms with E-state index in [2.05, 4.69) is 38.5 Å². The van der Waals surface area contributed by atoms with Gasteiger partial charge in [-0.25, -0.2) is 0 Å². The van der Waals surface area contributed by atoms with Crippen molar-refractivity contribution in [3.8, 4) is 0 Å². The summed E-state index contributed by atoms with van der Waals surface area (Å²) in [5, 5.41) is 19.6. The maximum absolute atomic E-state index is 13.2. The number of benzene rings is 4. The Labute approximate surface area is 253 Å². The van der Waals surface area contributed by atoms with Crippen molar-refractivity contribution >= 4 is 75.2 Å². The highest BCUT2D eigenvalue weighted by molar-refractivity contribution is 14.1. The van der Waals surface area contributed by atoms with Gasteiger partial charge in [-0.3, -0.25) is 24.5 Å². The van der Waals surface area contributed by atoms with Crippen LogP contribution in [0.2, 0.25) is 0 Å². The zero-order chi connectivity index (χ0) is 29.2. The molecule has 0 fully saturated rings. The van der Waals surface area contributed by atoms with E-state index >= 15 is 0 Å². The second-order valence-corrected chi connectivity index (χ2v) is 10.8. The summed E-state index contributed by atoms with van der Waals surface area (Å²) in [6.07, 6.45) is 1.27. The molecule has 3 amide bonds. The predicted molar refractivity (Wildman–Crippen MR) is 169 cm³/mol. The van der Waals surface area contributed by atoms with Gasteiger partial charge in [0.2, 0.25) is 5.91 Å². The molecule has 0 aliphatic carbocycles. The first-order valence-electron chi connectivity index (χ1n) is 12.2. The van der Waals surface area contributed by atoms with Gasteiger partial charge in [0.1, 0.15) is 5.70 Å². The van der Waals surface area contributed by atoms with E-state index in [1.807, 2.05) is 24.3 Å². The number of thioether (sulfide) groups is 1. The number of rotatable bonds is 10. The van der Waals surface area contributed by atoms with Crippen molar-refractivity contribution in [1.29, 1.82) is 0 Å². The van der Waals surface area contributed by atoms with Gasteiger partial charge in [-0.2, -0.15) is 0 Å². The molecule has 41 heavy (non-hydrogen) atoms. The van der Waals surface area contributed by atoms with Crippen molar-refractivity contribution in [2.45, 2.75) is 4.90 Å². The third kappa shape index (κ3) is 8.75. The number of hydrogen-bond donors (Lipinski definition) is 3. The topological polar surface area (TPSA) is 130 Å². The quantitative estimate of drug-likeness (QED) is 0.0591. The normalized spacial score (nSPS) is 10.9. The van der Waals surface area contributed by atoms with Crippen molar-refractivity contribution in [3.63, 3.8) is 0 Å². The van der Waals surface area contributed by atoms with Crippen LogP contribution < -0.4 is 16.0 Å². The number of nitro groups is 1. The van der Waals surface area contributed by atoms with E-state index in [0.29, 0.717) is 11.3 Å². The molecule has 4 aromatic rings. The third-order valence-electron chi connectivity index (χ3n) is 5.57. The first-order valence-corrected chi connectivity index (χ1v) is 14.3. The van der Waals surface area contributed by atoms with Gasteiger partial charge in [-0.05, 0) is 95.4 Å². The molecule has 0 aromatic heterocycles. The lowest BCUT2D eigenvalue weighted by molar-refractivity contribution is -0.385. The summed E-state index contributed by atoms with van der Waals surface area (Å²) in [7, 11) is 0. The Morgan fingerprint density at radius 3 is 2.10 bits per heavy atom. The summed E-state index contributed by atoms with van der Waals surface area (Å²) in [4.78, 5) is 50.1. The second kappa shape index (κ2) is 14.2. The lowest BCUT2D eigenvalue weighted by atomic mass is 10.1. The Kier molecular flexibility index (Phi) is 10.2. The number of amides is 3. The van der Waals surface area contributed by atoms with E-state index < -0.39 is 16.7 Å². The van der Waals surface area contributed by atoms with Crippen molar-refractivity contribution in [2.75, 3.05) is 16.4 Å². The van der Waals surface area contributed by atoms with Crippen LogP contribution >= 0.6 is 34.4 Å². The predicted octanol–water partition coefficient (Wildman–Crippen LogP) is 6.34. The molecule has 3 N–H and O–H groups in total. The number of hydrogen-bond acceptors (Lipinski definition) is 6. The van der Waals surface area contributed by atoms with Crippen molar-refractivity contribution < 1.29 is 19.3 Å². The van der Waals surface area contributed by atoms with Crippen LogP contribution in [-0.4, -0.2) is 28.4 Å². The van der Waals surface area contributed by atoms with Crippen LogP contribution in [0, 0.1) is 13.7 Å². The largest absolute Gasteiger partial charge is 0.325 e. The molecular weight excluding hydrogens is 655 g/mol. The van der Waals surface area contributed by atoms with Crippen LogP contribution in [0.4, 0.5) is 17.1 Å². The molecule has 11 heteroatoms. The average Bonchev–Trinajstić information content (AvgIpc) is 2.98. The standard InChI is InChI=1S/C30H23IN4O5S/c31-22-10-12-23(13-11-22)32-28(36)19-41-25-16-14-24(15-17-25)33-30(38)26(34-29(37)20-6-2-1-3-7-20)18-21-8-4-5-9-27(21)35(39)40/h1-18H,19H2,(H,32,36)(H,33,38)(H,34,37)/b26-18-. The van der Waals surface area contributed by atoms with E-state index in [0.717, 1.165) is 14.2 Å². The molecule has 0 aliphatic rings. The maximum Gasteiger partial charge on any atom is 0.276 e. The van der Waals surface area contributed by atoms with Crippen LogP contribution in [0.5, 0.6) is 0 Å². The third-order valence-corrected chi connectivity index (χ3v) is 7.30. The second-order valence-electron chi connectivity index (χ2n) is 8.52. The highest BCUT2D eigenvalue weighted by Gasteiger charge is 2.18. The minimum Gasteiger partial charge on any atom is -0.325 e. The molecule has 0 radical (unpaired) electrons. The minimum atomic E-state index is -0.662. The Morgan fingerprint density at radius 2 is 1.41 bits per heavy atom. The highest BCUT2D eigenvalue weighted by atomic mass is 127. The molecular formula is C30H23IN4O5S. The monoisotopic (exact) mass is 678 g/mol. The first kappa shape index (κ1) is 29.5. The number of carbonyl (C=O) groups excluding carboxylic acids is 3. The van der Waals surface area contributed by atoms with Gasteiger partial charge >= 0.3 is 0 Å². The molecule has 0 atom stereocenters. The molecule has 4 aromatic carbocycles. The summed E-state index contributed by atoms with van der Waals surface area (Å²) in [5.74, 6) is -1.15.